The Morgan fingerprint density at radius 2 is 0.519 bits per heavy atom. The van der Waals surface area contributed by atoms with Gasteiger partial charge in [-0.3, -0.25) is 9.59 Å². The first-order valence-electron chi connectivity index (χ1n) is 36.8. The van der Waals surface area contributed by atoms with Crippen molar-refractivity contribution in [1.29, 1.82) is 0 Å². The van der Waals surface area contributed by atoms with E-state index in [0.29, 0.717) is 25.9 Å². The molecule has 0 saturated heterocycles. The predicted octanol–water partition coefficient (Wildman–Crippen LogP) is 23.8. The summed E-state index contributed by atoms with van der Waals surface area (Å²) in [6, 6.07) is -0.535. The summed E-state index contributed by atoms with van der Waals surface area (Å²) in [5, 5.41) is 23.3. The van der Waals surface area contributed by atoms with Crippen LogP contribution in [0.2, 0.25) is 0 Å². The Morgan fingerprint density at radius 3 is 0.772 bits per heavy atom. The van der Waals surface area contributed by atoms with E-state index in [0.717, 1.165) is 38.5 Å². The molecule has 0 aromatic heterocycles. The monoisotopic (exact) mass is 1120 g/mol. The number of unbranched alkanes of at least 4 members (excludes halogenated alkanes) is 59. The summed E-state index contributed by atoms with van der Waals surface area (Å²) >= 11 is 0. The molecule has 0 aliphatic heterocycles. The van der Waals surface area contributed by atoms with Gasteiger partial charge in [-0.25, -0.2) is 0 Å². The average molecular weight is 1120 g/mol. The van der Waals surface area contributed by atoms with Crippen molar-refractivity contribution >= 4 is 11.9 Å². The minimum Gasteiger partial charge on any atom is -0.466 e. The molecule has 0 aromatic rings. The highest BCUT2D eigenvalue weighted by molar-refractivity contribution is 5.76. The van der Waals surface area contributed by atoms with Crippen LogP contribution in [0.1, 0.15) is 431 Å². The second-order valence-electron chi connectivity index (χ2n) is 25.6. The number of rotatable bonds is 70. The number of aliphatic hydroxyl groups is 2. The van der Waals surface area contributed by atoms with E-state index in [1.807, 2.05) is 0 Å². The van der Waals surface area contributed by atoms with E-state index in [-0.39, 0.29) is 18.5 Å². The molecule has 472 valence electrons. The van der Waals surface area contributed by atoms with Crippen molar-refractivity contribution in [2.24, 2.45) is 0 Å². The summed E-state index contributed by atoms with van der Waals surface area (Å²) in [5.74, 6) is -0.00113. The van der Waals surface area contributed by atoms with Crippen molar-refractivity contribution in [2.45, 2.75) is 443 Å². The maximum atomic E-state index is 12.5. The summed E-state index contributed by atoms with van der Waals surface area (Å²) in [4.78, 5) is 24.5. The molecular formula is C73H145NO5. The summed E-state index contributed by atoms with van der Waals surface area (Å²) in [5.41, 5.74) is 0. The van der Waals surface area contributed by atoms with Gasteiger partial charge in [0.15, 0.2) is 0 Å². The predicted molar refractivity (Wildman–Crippen MR) is 347 cm³/mol. The van der Waals surface area contributed by atoms with E-state index in [1.54, 1.807) is 0 Å². The fourth-order valence-electron chi connectivity index (χ4n) is 12.1. The third-order valence-corrected chi connectivity index (χ3v) is 17.7. The Labute approximate surface area is 496 Å². The zero-order chi connectivity index (χ0) is 57.1. The number of hydrogen-bond donors (Lipinski definition) is 3. The molecule has 2 atom stereocenters. The van der Waals surface area contributed by atoms with Gasteiger partial charge in [0.05, 0.1) is 25.4 Å². The fraction of sp³-hybridized carbons (Fsp3) is 0.973. The third kappa shape index (κ3) is 65.9. The maximum absolute atomic E-state index is 12.5. The first-order chi connectivity index (χ1) is 39.0. The first-order valence-corrected chi connectivity index (χ1v) is 36.8. The van der Waals surface area contributed by atoms with Crippen LogP contribution in [0.5, 0.6) is 0 Å². The minimum atomic E-state index is -0.658. The van der Waals surface area contributed by atoms with Gasteiger partial charge in [0.2, 0.25) is 5.91 Å². The van der Waals surface area contributed by atoms with E-state index in [2.05, 4.69) is 19.2 Å². The number of carbonyl (C=O) groups is 2. The fourth-order valence-corrected chi connectivity index (χ4v) is 12.1. The lowest BCUT2D eigenvalue weighted by molar-refractivity contribution is -0.143. The number of esters is 1. The number of carbonyl (C=O) groups excluding carboxylic acids is 2. The quantitative estimate of drug-likeness (QED) is 0.0417. The largest absolute Gasteiger partial charge is 0.466 e. The zero-order valence-electron chi connectivity index (χ0n) is 54.2. The third-order valence-electron chi connectivity index (χ3n) is 17.7. The molecule has 0 aliphatic carbocycles. The number of ether oxygens (including phenoxy) is 1. The minimum absolute atomic E-state index is 0.0251. The highest BCUT2D eigenvalue weighted by atomic mass is 16.5. The molecule has 0 saturated carbocycles. The van der Waals surface area contributed by atoms with Crippen LogP contribution >= 0.6 is 0 Å². The van der Waals surface area contributed by atoms with Gasteiger partial charge in [0.25, 0.3) is 0 Å². The molecule has 79 heavy (non-hydrogen) atoms. The molecule has 0 fully saturated rings. The first kappa shape index (κ1) is 77.9. The normalized spacial score (nSPS) is 12.4. The lowest BCUT2D eigenvalue weighted by atomic mass is 10.0. The molecule has 0 bridgehead atoms. The molecule has 0 radical (unpaired) electrons. The summed E-state index contributed by atoms with van der Waals surface area (Å²) in [6.45, 7) is 4.99. The van der Waals surface area contributed by atoms with Crippen LogP contribution < -0.4 is 5.32 Å². The van der Waals surface area contributed by atoms with Crippen LogP contribution in [0.3, 0.4) is 0 Å². The number of hydrogen-bond acceptors (Lipinski definition) is 5. The molecule has 0 heterocycles. The SMILES string of the molecule is CCCCCCCCCCCCCCCC(O)C(CO)NC(=O)CCCCCCCCCCCCCCCCCCCCCCCCCCCCCCCCCCCCCCCOC(=O)CCCCCCCCCCCCCC. The molecule has 2 unspecified atom stereocenters. The van der Waals surface area contributed by atoms with E-state index in [9.17, 15) is 19.8 Å². The van der Waals surface area contributed by atoms with Crippen LogP contribution in [0, 0.1) is 0 Å². The van der Waals surface area contributed by atoms with E-state index in [1.165, 1.54) is 360 Å². The smallest absolute Gasteiger partial charge is 0.305 e. The van der Waals surface area contributed by atoms with Gasteiger partial charge in [-0.15, -0.1) is 0 Å². The van der Waals surface area contributed by atoms with Crippen molar-refractivity contribution in [2.75, 3.05) is 13.2 Å². The van der Waals surface area contributed by atoms with E-state index < -0.39 is 12.1 Å². The van der Waals surface area contributed by atoms with Crippen molar-refractivity contribution in [3.8, 4) is 0 Å². The van der Waals surface area contributed by atoms with Gasteiger partial charge < -0.3 is 20.3 Å². The maximum Gasteiger partial charge on any atom is 0.305 e. The molecule has 6 heteroatoms. The van der Waals surface area contributed by atoms with Crippen molar-refractivity contribution in [1.82, 2.24) is 5.32 Å². The van der Waals surface area contributed by atoms with E-state index in [4.69, 9.17) is 4.74 Å². The van der Waals surface area contributed by atoms with Crippen molar-refractivity contribution < 1.29 is 24.5 Å². The lowest BCUT2D eigenvalue weighted by Gasteiger charge is -2.22. The Bertz CT molecular complexity index is 1150. The second-order valence-corrected chi connectivity index (χ2v) is 25.6. The zero-order valence-corrected chi connectivity index (χ0v) is 54.2. The standard InChI is InChI=1S/C73H145NO5/c1-3-5-7-9-11-13-15-42-45-49-53-57-61-65-71(76)70(69-75)74-72(77)66-62-58-54-50-46-43-40-38-36-34-32-30-28-26-24-22-20-18-17-19-21-23-25-27-29-31-33-35-37-39-41-44-48-52-56-60-64-68-79-73(78)67-63-59-55-51-47-16-14-12-10-8-6-4-2/h70-71,75-76H,3-69H2,1-2H3,(H,74,77). The highest BCUT2D eigenvalue weighted by Gasteiger charge is 2.20. The molecule has 0 aromatic carbocycles. The number of nitrogens with one attached hydrogen (secondary N) is 1. The van der Waals surface area contributed by atoms with Crippen LogP contribution in [0.4, 0.5) is 0 Å². The second kappa shape index (κ2) is 69.4. The van der Waals surface area contributed by atoms with Crippen LogP contribution in [0.15, 0.2) is 0 Å². The Balaban J connectivity index is 3.27. The molecule has 0 spiro atoms. The lowest BCUT2D eigenvalue weighted by Crippen LogP contribution is -2.45. The van der Waals surface area contributed by atoms with Crippen LogP contribution in [-0.2, 0) is 14.3 Å². The molecule has 0 rings (SSSR count). The Kier molecular flexibility index (Phi) is 68.4. The summed E-state index contributed by atoms with van der Waals surface area (Å²) in [6.07, 6.45) is 84.7. The van der Waals surface area contributed by atoms with Gasteiger partial charge in [-0.2, -0.15) is 0 Å². The number of aliphatic hydroxyl groups excluding tert-OH is 2. The molecule has 3 N–H and O–H groups in total. The molecule has 1 amide bonds. The average Bonchev–Trinajstić information content (AvgIpc) is 3.45. The molecule has 6 nitrogen and oxygen atoms in total. The van der Waals surface area contributed by atoms with Gasteiger partial charge in [0.1, 0.15) is 0 Å². The van der Waals surface area contributed by atoms with Gasteiger partial charge in [-0.1, -0.05) is 393 Å². The molecule has 0 aliphatic rings. The van der Waals surface area contributed by atoms with Crippen LogP contribution in [0.25, 0.3) is 0 Å². The summed E-state index contributed by atoms with van der Waals surface area (Å²) < 4.78 is 5.49. The van der Waals surface area contributed by atoms with Gasteiger partial charge in [0, 0.05) is 12.8 Å². The van der Waals surface area contributed by atoms with Gasteiger partial charge >= 0.3 is 5.97 Å². The molecular weight excluding hydrogens is 971 g/mol. The highest BCUT2D eigenvalue weighted by Crippen LogP contribution is 2.20. The van der Waals surface area contributed by atoms with Crippen molar-refractivity contribution in [3.63, 3.8) is 0 Å². The van der Waals surface area contributed by atoms with Gasteiger partial charge in [-0.05, 0) is 25.7 Å². The van der Waals surface area contributed by atoms with Crippen LogP contribution in [-0.4, -0.2) is 47.4 Å². The van der Waals surface area contributed by atoms with E-state index >= 15 is 0 Å². The summed E-state index contributed by atoms with van der Waals surface area (Å²) in [7, 11) is 0. The Hall–Kier alpha value is -1.14. The topological polar surface area (TPSA) is 95.9 Å². The number of amides is 1. The Morgan fingerprint density at radius 1 is 0.304 bits per heavy atom. The van der Waals surface area contributed by atoms with Crippen molar-refractivity contribution in [3.05, 3.63) is 0 Å².